The first-order valence-electron chi connectivity index (χ1n) is 17.8. The SMILES string of the molecule is CCN1C(=CC=C2SCSC(C=CC3=[N+](CCS(=O)(=O)O)c4ccc(C)cc4C3(C)C)=C2Oc2ccc(CCOC=O)cc2)C(C)(C)c2ccccc21. The van der Waals surface area contributed by atoms with E-state index in [1.807, 2.05) is 41.0 Å². The number of likely N-dealkylation sites (N-methyl/N-ethyl adjacent to an activating group) is 1. The van der Waals surface area contributed by atoms with Gasteiger partial charge in [-0.2, -0.15) is 13.0 Å². The second-order valence-corrected chi connectivity index (χ2v) is 18.3. The number of rotatable bonds is 13. The summed E-state index contributed by atoms with van der Waals surface area (Å²) in [5.74, 6) is 1.04. The van der Waals surface area contributed by atoms with Crippen LogP contribution in [0.3, 0.4) is 0 Å². The number of anilines is 1. The molecule has 278 valence electrons. The van der Waals surface area contributed by atoms with Crippen LogP contribution in [0, 0.1) is 6.92 Å². The average molecular weight is 772 g/mol. The Balaban J connectivity index is 1.44. The van der Waals surface area contributed by atoms with Crippen LogP contribution in [-0.4, -0.2) is 60.3 Å². The van der Waals surface area contributed by atoms with Crippen molar-refractivity contribution in [3.63, 3.8) is 0 Å². The first kappa shape index (κ1) is 38.7. The standard InChI is InChI=1S/C42H46N2O6S3/c1-7-43-34-11-9-8-10-32(34)41(3,4)38(43)20-18-36-40(50-31-15-13-30(14-16-31)22-24-49-27-45)37(52-28-51-36)19-21-39-42(5,6)33-26-29(2)12-17-35(33)44(39)23-25-53(46,47)48/h8-21,26-27H,7,22-25,28H2,1-6H3/p+1. The Morgan fingerprint density at radius 2 is 1.70 bits per heavy atom. The van der Waals surface area contributed by atoms with E-state index in [-0.39, 0.29) is 17.7 Å². The maximum absolute atomic E-state index is 11.9. The molecule has 3 aliphatic heterocycles. The van der Waals surface area contributed by atoms with Crippen LogP contribution in [0.25, 0.3) is 0 Å². The lowest BCUT2D eigenvalue weighted by atomic mass is 9.81. The Kier molecular flexibility index (Phi) is 11.5. The van der Waals surface area contributed by atoms with Gasteiger partial charge in [-0.25, -0.2) is 0 Å². The molecule has 0 unspecified atom stereocenters. The summed E-state index contributed by atoms with van der Waals surface area (Å²) < 4.78 is 47.2. The Labute approximate surface area is 322 Å². The summed E-state index contributed by atoms with van der Waals surface area (Å²) in [4.78, 5) is 15.0. The highest BCUT2D eigenvalue weighted by atomic mass is 32.2. The highest BCUT2D eigenvalue weighted by molar-refractivity contribution is 8.20. The highest BCUT2D eigenvalue weighted by Crippen LogP contribution is 2.48. The van der Waals surface area contributed by atoms with Crippen LogP contribution in [0.2, 0.25) is 0 Å². The number of nitrogens with zero attached hydrogens (tertiary/aromatic N) is 2. The van der Waals surface area contributed by atoms with Crippen LogP contribution >= 0.6 is 23.5 Å². The van der Waals surface area contributed by atoms with Gasteiger partial charge >= 0.3 is 0 Å². The van der Waals surface area contributed by atoms with Crippen molar-refractivity contribution in [1.82, 2.24) is 0 Å². The number of para-hydroxylation sites is 1. The Morgan fingerprint density at radius 3 is 2.42 bits per heavy atom. The summed E-state index contributed by atoms with van der Waals surface area (Å²) >= 11 is 3.42. The number of carbonyl (C=O) groups excluding carboxylic acids is 1. The molecule has 0 atom stereocenters. The molecule has 0 amide bonds. The van der Waals surface area contributed by atoms with Gasteiger partial charge in [0.1, 0.15) is 11.5 Å². The Morgan fingerprint density at radius 1 is 0.943 bits per heavy atom. The van der Waals surface area contributed by atoms with Crippen molar-refractivity contribution in [2.75, 3.05) is 35.4 Å². The molecule has 0 radical (unpaired) electrons. The van der Waals surface area contributed by atoms with Gasteiger partial charge in [-0.3, -0.25) is 9.35 Å². The molecule has 0 aromatic heterocycles. The summed E-state index contributed by atoms with van der Waals surface area (Å²) in [7, 11) is -4.18. The monoisotopic (exact) mass is 771 g/mol. The maximum Gasteiger partial charge on any atom is 0.293 e. The third kappa shape index (κ3) is 8.23. The Hall–Kier alpha value is -4.03. The number of hydrogen-bond donors (Lipinski definition) is 1. The number of fused-ring (bicyclic) bond motifs is 2. The van der Waals surface area contributed by atoms with Crippen molar-refractivity contribution in [1.29, 1.82) is 0 Å². The zero-order valence-corrected chi connectivity index (χ0v) is 33.5. The van der Waals surface area contributed by atoms with E-state index >= 15 is 0 Å². The summed E-state index contributed by atoms with van der Waals surface area (Å²) in [5, 5.41) is 0.781. The molecule has 3 aromatic carbocycles. The molecule has 6 rings (SSSR count). The van der Waals surface area contributed by atoms with E-state index in [9.17, 15) is 17.8 Å². The molecule has 53 heavy (non-hydrogen) atoms. The molecule has 0 fully saturated rings. The molecular weight excluding hydrogens is 725 g/mol. The van der Waals surface area contributed by atoms with Crippen LogP contribution in [0.1, 0.15) is 56.9 Å². The van der Waals surface area contributed by atoms with E-state index in [4.69, 9.17) is 9.47 Å². The molecule has 3 aliphatic rings. The van der Waals surface area contributed by atoms with Gasteiger partial charge in [-0.15, -0.1) is 23.5 Å². The number of ether oxygens (including phenoxy) is 2. The predicted octanol–water partition coefficient (Wildman–Crippen LogP) is 8.84. The van der Waals surface area contributed by atoms with E-state index in [0.29, 0.717) is 25.2 Å². The third-order valence-corrected chi connectivity index (χ3v) is 13.0. The average Bonchev–Trinajstić information content (AvgIpc) is 3.47. The molecule has 0 spiro atoms. The van der Waals surface area contributed by atoms with E-state index in [1.54, 1.807) is 23.5 Å². The molecule has 0 bridgehead atoms. The molecule has 11 heteroatoms. The molecule has 1 N–H and O–H groups in total. The van der Waals surface area contributed by atoms with E-state index in [1.165, 1.54) is 16.9 Å². The van der Waals surface area contributed by atoms with Gasteiger partial charge in [0.25, 0.3) is 16.6 Å². The minimum atomic E-state index is -4.18. The number of hydrogen-bond acceptors (Lipinski definition) is 8. The number of aryl methyl sites for hydroxylation is 1. The smallest absolute Gasteiger partial charge is 0.293 e. The lowest BCUT2D eigenvalue weighted by Gasteiger charge is -2.26. The summed E-state index contributed by atoms with van der Waals surface area (Å²) in [6.45, 7) is 14.8. The molecule has 3 heterocycles. The summed E-state index contributed by atoms with van der Waals surface area (Å²) in [6.07, 6.45) is 9.16. The topological polar surface area (TPSA) is 96.2 Å². The van der Waals surface area contributed by atoms with Crippen molar-refractivity contribution in [2.45, 2.75) is 58.8 Å². The van der Waals surface area contributed by atoms with Gasteiger partial charge in [0.15, 0.2) is 18.0 Å². The van der Waals surface area contributed by atoms with Crippen LogP contribution in [0.5, 0.6) is 5.75 Å². The van der Waals surface area contributed by atoms with Gasteiger partial charge < -0.3 is 14.4 Å². The van der Waals surface area contributed by atoms with E-state index < -0.39 is 15.5 Å². The fourth-order valence-electron chi connectivity index (χ4n) is 7.35. The molecule has 0 saturated carbocycles. The maximum atomic E-state index is 11.9. The van der Waals surface area contributed by atoms with Crippen LogP contribution in [-0.2, 0) is 36.9 Å². The largest absolute Gasteiger partial charge is 0.468 e. The van der Waals surface area contributed by atoms with Crippen molar-refractivity contribution in [3.05, 3.63) is 135 Å². The fourth-order valence-corrected chi connectivity index (χ4v) is 9.98. The highest BCUT2D eigenvalue weighted by Gasteiger charge is 2.45. The second kappa shape index (κ2) is 15.8. The predicted molar refractivity (Wildman–Crippen MR) is 218 cm³/mol. The lowest BCUT2D eigenvalue weighted by molar-refractivity contribution is -0.432. The number of thioether (sulfide) groups is 2. The van der Waals surface area contributed by atoms with Crippen molar-refractivity contribution in [3.8, 4) is 5.75 Å². The minimum Gasteiger partial charge on any atom is -0.468 e. The normalized spacial score (nSPS) is 19.3. The van der Waals surface area contributed by atoms with Crippen LogP contribution in [0.15, 0.2) is 112 Å². The Bertz CT molecular complexity index is 2160. The zero-order chi connectivity index (χ0) is 38.0. The van der Waals surface area contributed by atoms with Crippen LogP contribution < -0.4 is 9.64 Å². The molecule has 8 nitrogen and oxygen atoms in total. The lowest BCUT2D eigenvalue weighted by Crippen LogP contribution is -2.29. The molecule has 0 saturated heterocycles. The summed E-state index contributed by atoms with van der Waals surface area (Å²) in [5.41, 5.74) is 8.28. The van der Waals surface area contributed by atoms with Crippen molar-refractivity contribution < 1.29 is 31.8 Å². The number of allylic oxidation sites excluding steroid dienone is 5. The van der Waals surface area contributed by atoms with Gasteiger partial charge in [0, 0.05) is 52.6 Å². The fraction of sp³-hybridized carbons (Fsp3) is 0.333. The molecule has 3 aromatic rings. The van der Waals surface area contributed by atoms with Gasteiger partial charge in [-0.1, -0.05) is 55.8 Å². The van der Waals surface area contributed by atoms with Crippen LogP contribution in [0.4, 0.5) is 11.4 Å². The first-order valence-corrected chi connectivity index (χ1v) is 21.3. The van der Waals surface area contributed by atoms with Crippen molar-refractivity contribution >= 4 is 57.2 Å². The zero-order valence-electron chi connectivity index (χ0n) is 31.1. The van der Waals surface area contributed by atoms with E-state index in [2.05, 4.69) is 101 Å². The van der Waals surface area contributed by atoms with E-state index in [0.717, 1.165) is 55.3 Å². The minimum absolute atomic E-state index is 0.123. The number of benzene rings is 3. The second-order valence-electron chi connectivity index (χ2n) is 14.3. The van der Waals surface area contributed by atoms with Gasteiger partial charge in [0.2, 0.25) is 5.69 Å². The first-order chi connectivity index (χ1) is 25.2. The van der Waals surface area contributed by atoms with Crippen molar-refractivity contribution in [2.24, 2.45) is 0 Å². The summed E-state index contributed by atoms with van der Waals surface area (Å²) in [6, 6.07) is 22.6. The third-order valence-electron chi connectivity index (χ3n) is 10.1. The van der Waals surface area contributed by atoms with Gasteiger partial charge in [0.05, 0.1) is 21.8 Å². The number of carbonyl (C=O) groups is 1. The van der Waals surface area contributed by atoms with Gasteiger partial charge in [-0.05, 0) is 81.3 Å². The quantitative estimate of drug-likeness (QED) is 0.0792. The molecular formula is C42H47N2O6S3+. The molecule has 0 aliphatic carbocycles.